The first-order chi connectivity index (χ1) is 12.5. The maximum atomic E-state index is 12.2. The molecule has 0 unspecified atom stereocenters. The molecule has 2 amide bonds. The predicted octanol–water partition coefficient (Wildman–Crippen LogP) is 1.85. The van der Waals surface area contributed by atoms with Gasteiger partial charge in [-0.3, -0.25) is 9.59 Å². The number of carboxylic acids is 1. The monoisotopic (exact) mass is 368 g/mol. The molecule has 0 radical (unpaired) electrons. The fraction of sp³-hybridized carbons (Fsp3) is 0.842. The normalized spacial score (nSPS) is 24.0. The Hall–Kier alpha value is -1.63. The third-order valence-corrected chi connectivity index (χ3v) is 5.43. The number of carbonyl (C=O) groups excluding carboxylic acids is 2. The van der Waals surface area contributed by atoms with Gasteiger partial charge in [0, 0.05) is 24.9 Å². The van der Waals surface area contributed by atoms with Gasteiger partial charge in [0.05, 0.1) is 6.61 Å². The fourth-order valence-electron chi connectivity index (χ4n) is 3.99. The van der Waals surface area contributed by atoms with E-state index in [1.807, 2.05) is 0 Å². The van der Waals surface area contributed by atoms with E-state index in [-0.39, 0.29) is 37.0 Å². The summed E-state index contributed by atoms with van der Waals surface area (Å²) in [5.74, 6) is -0.327. The minimum absolute atomic E-state index is 0.00379. The van der Waals surface area contributed by atoms with Gasteiger partial charge in [-0.2, -0.15) is 0 Å². The Labute approximate surface area is 155 Å². The highest BCUT2D eigenvalue weighted by Crippen LogP contribution is 2.27. The minimum atomic E-state index is -1.01. The van der Waals surface area contributed by atoms with Crippen LogP contribution in [0.15, 0.2) is 0 Å². The van der Waals surface area contributed by atoms with Gasteiger partial charge in [-0.1, -0.05) is 19.3 Å². The highest BCUT2D eigenvalue weighted by atomic mass is 16.5. The van der Waals surface area contributed by atoms with E-state index < -0.39 is 5.97 Å². The van der Waals surface area contributed by atoms with Crippen molar-refractivity contribution in [1.29, 1.82) is 0 Å². The largest absolute Gasteiger partial charge is 0.480 e. The number of carboxylic acid groups (broad SMARTS) is 1. The van der Waals surface area contributed by atoms with Crippen LogP contribution in [0.1, 0.15) is 64.2 Å². The van der Waals surface area contributed by atoms with Gasteiger partial charge in [-0.25, -0.2) is 4.79 Å². The molecule has 2 aliphatic carbocycles. The lowest BCUT2D eigenvalue weighted by Gasteiger charge is -2.29. The molecular weight excluding hydrogens is 336 g/mol. The molecule has 26 heavy (non-hydrogen) atoms. The Morgan fingerprint density at radius 2 is 1.65 bits per heavy atom. The van der Waals surface area contributed by atoms with Gasteiger partial charge in [0.15, 0.2) is 0 Å². The number of nitrogens with one attached hydrogen (secondary N) is 2. The van der Waals surface area contributed by atoms with E-state index in [4.69, 9.17) is 9.84 Å². The molecule has 148 valence electrons. The highest BCUT2D eigenvalue weighted by molar-refractivity contribution is 5.79. The van der Waals surface area contributed by atoms with E-state index in [1.165, 1.54) is 32.1 Å². The summed E-state index contributed by atoms with van der Waals surface area (Å²) in [6.45, 7) is 0.177. The first-order valence-corrected chi connectivity index (χ1v) is 9.91. The van der Waals surface area contributed by atoms with Gasteiger partial charge in [0.1, 0.15) is 6.61 Å². The highest BCUT2D eigenvalue weighted by Gasteiger charge is 2.27. The first-order valence-electron chi connectivity index (χ1n) is 9.91. The lowest BCUT2D eigenvalue weighted by atomic mass is 9.84. The second-order valence-electron chi connectivity index (χ2n) is 7.56. The van der Waals surface area contributed by atoms with Crippen LogP contribution < -0.4 is 10.6 Å². The van der Waals surface area contributed by atoms with Gasteiger partial charge in [0.25, 0.3) is 0 Å². The molecule has 0 heterocycles. The standard InChI is InChI=1S/C19H32N2O5/c22-17(12-14-4-2-1-3-5-14)21-16-8-6-15(7-9-16)19(25)20-10-11-26-13-18(23)24/h14-16H,1-13H2,(H,20,25)(H,21,22)(H,23,24). The van der Waals surface area contributed by atoms with E-state index in [9.17, 15) is 14.4 Å². The van der Waals surface area contributed by atoms with Crippen molar-refractivity contribution in [2.45, 2.75) is 70.3 Å². The lowest BCUT2D eigenvalue weighted by molar-refractivity contribution is -0.142. The Kier molecular flexibility index (Phi) is 8.88. The maximum Gasteiger partial charge on any atom is 0.329 e. The van der Waals surface area contributed by atoms with Crippen LogP contribution in [0.25, 0.3) is 0 Å². The summed E-state index contributed by atoms with van der Waals surface area (Å²) in [5.41, 5.74) is 0. The van der Waals surface area contributed by atoms with Crippen LogP contribution >= 0.6 is 0 Å². The smallest absolute Gasteiger partial charge is 0.329 e. The summed E-state index contributed by atoms with van der Waals surface area (Å²) >= 11 is 0. The topological polar surface area (TPSA) is 105 Å². The van der Waals surface area contributed by atoms with Crippen LogP contribution in [0.5, 0.6) is 0 Å². The van der Waals surface area contributed by atoms with E-state index >= 15 is 0 Å². The summed E-state index contributed by atoms with van der Waals surface area (Å²) in [5, 5.41) is 14.4. The van der Waals surface area contributed by atoms with Gasteiger partial charge < -0.3 is 20.5 Å². The molecular formula is C19H32N2O5. The van der Waals surface area contributed by atoms with Crippen LogP contribution in [0.3, 0.4) is 0 Å². The molecule has 7 nitrogen and oxygen atoms in total. The molecule has 3 N–H and O–H groups in total. The van der Waals surface area contributed by atoms with Crippen molar-refractivity contribution in [3.8, 4) is 0 Å². The van der Waals surface area contributed by atoms with Crippen LogP contribution in [0.4, 0.5) is 0 Å². The van der Waals surface area contributed by atoms with Gasteiger partial charge in [-0.05, 0) is 44.4 Å². The number of hydrogen-bond donors (Lipinski definition) is 3. The van der Waals surface area contributed by atoms with Crippen LogP contribution in [0, 0.1) is 11.8 Å². The van der Waals surface area contributed by atoms with Gasteiger partial charge >= 0.3 is 5.97 Å². The van der Waals surface area contributed by atoms with Crippen molar-refractivity contribution < 1.29 is 24.2 Å². The molecule has 2 aliphatic rings. The van der Waals surface area contributed by atoms with Crippen molar-refractivity contribution in [3.05, 3.63) is 0 Å². The van der Waals surface area contributed by atoms with Crippen molar-refractivity contribution in [1.82, 2.24) is 10.6 Å². The molecule has 0 aromatic heterocycles. The van der Waals surface area contributed by atoms with Crippen molar-refractivity contribution in [2.24, 2.45) is 11.8 Å². The molecule has 7 heteroatoms. The van der Waals surface area contributed by atoms with Crippen molar-refractivity contribution >= 4 is 17.8 Å². The van der Waals surface area contributed by atoms with Gasteiger partial charge in [0.2, 0.25) is 11.8 Å². The Morgan fingerprint density at radius 3 is 2.31 bits per heavy atom. The SMILES string of the molecule is O=C(O)COCCNC(=O)C1CCC(NC(=O)CC2CCCCC2)CC1. The summed E-state index contributed by atoms with van der Waals surface area (Å²) in [7, 11) is 0. The lowest BCUT2D eigenvalue weighted by Crippen LogP contribution is -2.41. The fourth-order valence-corrected chi connectivity index (χ4v) is 3.99. The van der Waals surface area contributed by atoms with Crippen LogP contribution in [0.2, 0.25) is 0 Å². The molecule has 2 saturated carbocycles. The average molecular weight is 368 g/mol. The Morgan fingerprint density at radius 1 is 0.962 bits per heavy atom. The van der Waals surface area contributed by atoms with E-state index in [2.05, 4.69) is 10.6 Å². The number of rotatable bonds is 9. The molecule has 0 aliphatic heterocycles. The summed E-state index contributed by atoms with van der Waals surface area (Å²) < 4.78 is 4.89. The van der Waals surface area contributed by atoms with E-state index in [0.29, 0.717) is 18.9 Å². The minimum Gasteiger partial charge on any atom is -0.480 e. The summed E-state index contributed by atoms with van der Waals surface area (Å²) in [6.07, 6.45) is 10.0. The van der Waals surface area contributed by atoms with Gasteiger partial charge in [-0.15, -0.1) is 0 Å². The number of hydrogen-bond acceptors (Lipinski definition) is 4. The maximum absolute atomic E-state index is 12.2. The molecule has 0 atom stereocenters. The molecule has 0 spiro atoms. The summed E-state index contributed by atoms with van der Waals surface area (Å²) in [4.78, 5) is 34.6. The van der Waals surface area contributed by atoms with E-state index in [1.54, 1.807) is 0 Å². The molecule has 0 bridgehead atoms. The Balaban J connectivity index is 1.56. The zero-order valence-electron chi connectivity index (χ0n) is 15.5. The molecule has 0 aromatic carbocycles. The third-order valence-electron chi connectivity index (χ3n) is 5.43. The number of amides is 2. The third kappa shape index (κ3) is 7.72. The molecule has 0 saturated heterocycles. The number of aliphatic carboxylic acids is 1. The molecule has 2 rings (SSSR count). The predicted molar refractivity (Wildman–Crippen MR) is 96.5 cm³/mol. The zero-order valence-corrected chi connectivity index (χ0v) is 15.5. The quantitative estimate of drug-likeness (QED) is 0.539. The molecule has 2 fully saturated rings. The Bertz CT molecular complexity index is 469. The van der Waals surface area contributed by atoms with Crippen LogP contribution in [-0.2, 0) is 19.1 Å². The second-order valence-corrected chi connectivity index (χ2v) is 7.56. The molecule has 0 aromatic rings. The zero-order chi connectivity index (χ0) is 18.8. The van der Waals surface area contributed by atoms with Crippen molar-refractivity contribution in [3.63, 3.8) is 0 Å². The second kappa shape index (κ2) is 11.2. The number of carbonyl (C=O) groups is 3. The van der Waals surface area contributed by atoms with Crippen molar-refractivity contribution in [2.75, 3.05) is 19.8 Å². The summed E-state index contributed by atoms with van der Waals surface area (Å²) in [6, 6.07) is 0.189. The number of ether oxygens (including phenoxy) is 1. The first kappa shape index (κ1) is 20.7. The van der Waals surface area contributed by atoms with Crippen LogP contribution in [-0.4, -0.2) is 48.7 Å². The van der Waals surface area contributed by atoms with E-state index in [0.717, 1.165) is 25.7 Å². The average Bonchev–Trinajstić information content (AvgIpc) is 2.62.